The molecule has 66 valence electrons. The highest BCUT2D eigenvalue weighted by Gasteiger charge is 2.44. The predicted molar refractivity (Wildman–Crippen MR) is 48.4 cm³/mol. The van der Waals surface area contributed by atoms with Crippen molar-refractivity contribution in [2.75, 3.05) is 6.61 Å². The van der Waals surface area contributed by atoms with Gasteiger partial charge >= 0.3 is 8.60 Å². The van der Waals surface area contributed by atoms with Crippen LogP contribution in [0.3, 0.4) is 0 Å². The molecule has 12 heavy (non-hydrogen) atoms. The smallest absolute Gasteiger partial charge is 0.308 e. The summed E-state index contributed by atoms with van der Waals surface area (Å²) in [5, 5.41) is 0. The second-order valence-corrected chi connectivity index (χ2v) is 3.19. The molecule has 0 saturated carbocycles. The fourth-order valence-electron chi connectivity index (χ4n) is 0.639. The molecule has 0 aromatic carbocycles. The summed E-state index contributed by atoms with van der Waals surface area (Å²) in [7, 11) is -1.22. The monoisotopic (exact) mass is 186 g/mol. The van der Waals surface area contributed by atoms with E-state index in [9.17, 15) is 0 Å². The van der Waals surface area contributed by atoms with Crippen molar-refractivity contribution in [1.82, 2.24) is 0 Å². The molecule has 0 N–H and O–H groups in total. The molecule has 1 aliphatic heterocycles. The van der Waals surface area contributed by atoms with Crippen molar-refractivity contribution in [3.63, 3.8) is 0 Å². The molecule has 3 nitrogen and oxygen atoms in total. The third kappa shape index (κ3) is 1.82. The first-order chi connectivity index (χ1) is 5.76. The van der Waals surface area contributed by atoms with Crippen molar-refractivity contribution < 1.29 is 13.6 Å². The molecule has 0 aromatic rings. The molecule has 4 heteroatoms. The maximum atomic E-state index is 5.26. The van der Waals surface area contributed by atoms with Crippen LogP contribution >= 0.6 is 8.60 Å². The summed E-state index contributed by atoms with van der Waals surface area (Å²) in [6.07, 6.45) is 4.71. The molecule has 0 amide bonds. The first kappa shape index (κ1) is 9.62. The van der Waals surface area contributed by atoms with Crippen molar-refractivity contribution in [3.8, 4) is 0 Å². The highest BCUT2D eigenvalue weighted by atomic mass is 31.2. The predicted octanol–water partition coefficient (Wildman–Crippen LogP) is 2.53. The highest BCUT2D eigenvalue weighted by molar-refractivity contribution is 7.43. The van der Waals surface area contributed by atoms with Crippen LogP contribution in [0.4, 0.5) is 0 Å². The van der Waals surface area contributed by atoms with Crippen molar-refractivity contribution >= 4 is 8.60 Å². The summed E-state index contributed by atoms with van der Waals surface area (Å²) in [5.41, 5.74) is 0. The fraction of sp³-hybridized carbons (Fsp3) is 0.250. The molecule has 0 radical (unpaired) electrons. The molecule has 1 rings (SSSR count). The Balaban J connectivity index is 2.30. The zero-order valence-electron chi connectivity index (χ0n) is 6.73. The van der Waals surface area contributed by atoms with E-state index in [-0.39, 0.29) is 0 Å². The lowest BCUT2D eigenvalue weighted by Gasteiger charge is -2.40. The minimum atomic E-state index is -1.22. The molecule has 0 aliphatic carbocycles. The lowest BCUT2D eigenvalue weighted by molar-refractivity contribution is -0.129. The van der Waals surface area contributed by atoms with Gasteiger partial charge in [0, 0.05) is 0 Å². The van der Waals surface area contributed by atoms with Crippen molar-refractivity contribution in [3.05, 3.63) is 38.0 Å². The first-order valence-corrected chi connectivity index (χ1v) is 4.55. The molecule has 0 aromatic heterocycles. The van der Waals surface area contributed by atoms with Gasteiger partial charge in [-0.15, -0.1) is 6.58 Å². The topological polar surface area (TPSA) is 27.7 Å². The third-order valence-electron chi connectivity index (χ3n) is 1.30. The van der Waals surface area contributed by atoms with E-state index in [1.54, 1.807) is 6.08 Å². The molecular formula is C8H11O3P. The van der Waals surface area contributed by atoms with E-state index in [0.29, 0.717) is 6.61 Å². The van der Waals surface area contributed by atoms with Crippen molar-refractivity contribution in [2.45, 2.75) is 5.79 Å². The van der Waals surface area contributed by atoms with Crippen LogP contribution in [-0.2, 0) is 13.6 Å². The average Bonchev–Trinajstić information content (AvgIpc) is 2.04. The minimum Gasteiger partial charge on any atom is -0.308 e. The van der Waals surface area contributed by atoms with Crippen LogP contribution in [0.25, 0.3) is 0 Å². The molecule has 1 saturated heterocycles. The quantitative estimate of drug-likeness (QED) is 0.487. The van der Waals surface area contributed by atoms with Crippen LogP contribution in [0.2, 0.25) is 0 Å². The summed E-state index contributed by atoms with van der Waals surface area (Å²) >= 11 is 0. The first-order valence-electron chi connectivity index (χ1n) is 3.45. The zero-order valence-corrected chi connectivity index (χ0v) is 7.63. The van der Waals surface area contributed by atoms with E-state index in [0.717, 1.165) is 0 Å². The van der Waals surface area contributed by atoms with Gasteiger partial charge in [0.2, 0.25) is 5.79 Å². The maximum absolute atomic E-state index is 5.26. The lowest BCUT2D eigenvalue weighted by Crippen LogP contribution is -2.36. The number of rotatable bonds is 5. The normalized spacial score (nSPS) is 21.0. The van der Waals surface area contributed by atoms with Crippen molar-refractivity contribution in [1.29, 1.82) is 0 Å². The second kappa shape index (κ2) is 3.97. The van der Waals surface area contributed by atoms with Gasteiger partial charge < -0.3 is 4.52 Å². The van der Waals surface area contributed by atoms with E-state index < -0.39 is 14.4 Å². The van der Waals surface area contributed by atoms with Crippen LogP contribution in [0.15, 0.2) is 38.0 Å². The number of hydrogen-bond acceptors (Lipinski definition) is 3. The molecule has 0 bridgehead atoms. The van der Waals surface area contributed by atoms with Crippen LogP contribution in [0.1, 0.15) is 0 Å². The van der Waals surface area contributed by atoms with Crippen LogP contribution < -0.4 is 0 Å². The van der Waals surface area contributed by atoms with Crippen LogP contribution in [-0.4, -0.2) is 12.4 Å². The third-order valence-corrected chi connectivity index (χ3v) is 2.53. The van der Waals surface area contributed by atoms with E-state index in [1.807, 2.05) is 0 Å². The summed E-state index contributed by atoms with van der Waals surface area (Å²) in [5.74, 6) is -0.827. The molecule has 0 atom stereocenters. The Labute approximate surface area is 73.3 Å². The Morgan fingerprint density at radius 2 is 1.83 bits per heavy atom. The van der Waals surface area contributed by atoms with E-state index in [4.69, 9.17) is 13.6 Å². The van der Waals surface area contributed by atoms with Gasteiger partial charge in [-0.2, -0.15) is 0 Å². The molecule has 1 aliphatic rings. The van der Waals surface area contributed by atoms with Gasteiger partial charge in [0.05, 0.1) is 6.61 Å². The summed E-state index contributed by atoms with van der Waals surface area (Å²) in [6, 6.07) is 0. The van der Waals surface area contributed by atoms with Gasteiger partial charge in [0.25, 0.3) is 0 Å². The Bertz CT molecular complexity index is 186. The Morgan fingerprint density at radius 1 is 1.25 bits per heavy atom. The van der Waals surface area contributed by atoms with Crippen LogP contribution in [0.5, 0.6) is 0 Å². The molecule has 1 fully saturated rings. The SMILES string of the molecule is C=CCOP1OC(C=C)(C=C)O1. The summed E-state index contributed by atoms with van der Waals surface area (Å²) < 4.78 is 15.6. The summed E-state index contributed by atoms with van der Waals surface area (Å²) in [4.78, 5) is 0. The maximum Gasteiger partial charge on any atom is 0.339 e. The molecular weight excluding hydrogens is 175 g/mol. The Morgan fingerprint density at radius 3 is 2.25 bits per heavy atom. The zero-order chi connectivity index (χ0) is 9.03. The molecule has 0 spiro atoms. The Hall–Kier alpha value is -0.470. The lowest BCUT2D eigenvalue weighted by atomic mass is 10.3. The Kier molecular flexibility index (Phi) is 3.18. The second-order valence-electron chi connectivity index (χ2n) is 2.12. The highest BCUT2D eigenvalue weighted by Crippen LogP contribution is 2.58. The molecule has 0 unspecified atom stereocenters. The van der Waals surface area contributed by atoms with Crippen molar-refractivity contribution in [2.24, 2.45) is 0 Å². The minimum absolute atomic E-state index is 0.427. The largest absolute Gasteiger partial charge is 0.339 e. The van der Waals surface area contributed by atoms with Gasteiger partial charge in [-0.05, 0) is 12.2 Å². The van der Waals surface area contributed by atoms with Gasteiger partial charge in [-0.1, -0.05) is 19.2 Å². The number of hydrogen-bond donors (Lipinski definition) is 0. The fourth-order valence-corrected chi connectivity index (χ4v) is 1.75. The van der Waals surface area contributed by atoms with E-state index >= 15 is 0 Å². The van der Waals surface area contributed by atoms with E-state index in [2.05, 4.69) is 19.7 Å². The van der Waals surface area contributed by atoms with Gasteiger partial charge in [0.15, 0.2) is 0 Å². The molecule has 1 heterocycles. The van der Waals surface area contributed by atoms with Gasteiger partial charge in [0.1, 0.15) is 0 Å². The summed E-state index contributed by atoms with van der Waals surface area (Å²) in [6.45, 7) is 11.0. The van der Waals surface area contributed by atoms with Gasteiger partial charge in [-0.3, -0.25) is 9.05 Å². The van der Waals surface area contributed by atoms with E-state index in [1.165, 1.54) is 12.2 Å². The van der Waals surface area contributed by atoms with Gasteiger partial charge in [-0.25, -0.2) is 0 Å². The standard InChI is InChI=1S/C8H11O3P/c1-4-7-9-12-10-8(5-2,6-3)11-12/h4-6H,1-3,7H2. The van der Waals surface area contributed by atoms with Crippen LogP contribution in [0, 0.1) is 0 Å². The average molecular weight is 186 g/mol.